The molecule has 0 amide bonds. The average Bonchev–Trinajstić information content (AvgIpc) is 2.79. The van der Waals surface area contributed by atoms with Crippen molar-refractivity contribution >= 4 is 29.6 Å². The monoisotopic (exact) mass is 238 g/mol. The summed E-state index contributed by atoms with van der Waals surface area (Å²) in [5, 5.41) is 0. The Labute approximate surface area is 99.3 Å². The second kappa shape index (κ2) is 5.52. The fraction of sp³-hybridized carbons (Fsp3) is 0.333. The molecule has 0 bridgehead atoms. The van der Waals surface area contributed by atoms with Gasteiger partial charge in [0.1, 0.15) is 5.75 Å². The summed E-state index contributed by atoms with van der Waals surface area (Å²) in [6, 6.07) is 8.15. The number of benzene rings is 1. The van der Waals surface area contributed by atoms with E-state index in [0.29, 0.717) is 4.58 Å². The number of rotatable bonds is 3. The number of ether oxygens (including phenoxy) is 1. The van der Waals surface area contributed by atoms with Crippen LogP contribution in [0, 0.1) is 0 Å². The maximum atomic E-state index is 5.18. The van der Waals surface area contributed by atoms with Crippen LogP contribution in [0.15, 0.2) is 30.3 Å². The normalized spacial score (nSPS) is 17.4. The molecule has 0 spiro atoms. The van der Waals surface area contributed by atoms with Gasteiger partial charge in [-0.25, -0.2) is 0 Å². The highest BCUT2D eigenvalue weighted by Gasteiger charge is 2.11. The van der Waals surface area contributed by atoms with E-state index in [2.05, 4.69) is 24.3 Å². The van der Waals surface area contributed by atoms with Crippen molar-refractivity contribution in [2.45, 2.75) is 4.58 Å². The summed E-state index contributed by atoms with van der Waals surface area (Å²) in [5.74, 6) is 3.47. The lowest BCUT2D eigenvalue weighted by Gasteiger charge is -2.02. The highest BCUT2D eigenvalue weighted by atomic mass is 32.2. The molecule has 1 heterocycles. The number of hydrogen-bond donors (Lipinski definition) is 0. The molecule has 0 unspecified atom stereocenters. The molecular weight excluding hydrogens is 224 g/mol. The summed E-state index contributed by atoms with van der Waals surface area (Å²) < 4.78 is 5.82. The van der Waals surface area contributed by atoms with Crippen molar-refractivity contribution in [3.8, 4) is 5.75 Å². The molecule has 1 aromatic rings. The van der Waals surface area contributed by atoms with Crippen molar-refractivity contribution in [1.29, 1.82) is 0 Å². The molecule has 0 aromatic heterocycles. The molecule has 0 radical (unpaired) electrons. The summed E-state index contributed by atoms with van der Waals surface area (Å²) >= 11 is 4.03. The van der Waals surface area contributed by atoms with Crippen LogP contribution < -0.4 is 4.74 Å². The van der Waals surface area contributed by atoms with Crippen LogP contribution in [-0.2, 0) is 0 Å². The first-order valence-corrected chi connectivity index (χ1v) is 7.04. The summed E-state index contributed by atoms with van der Waals surface area (Å²) in [5.41, 5.74) is 1.21. The molecule has 1 aromatic carbocycles. The van der Waals surface area contributed by atoms with Gasteiger partial charge in [0.25, 0.3) is 0 Å². The van der Waals surface area contributed by atoms with Gasteiger partial charge in [-0.3, -0.25) is 0 Å². The molecule has 1 aliphatic rings. The van der Waals surface area contributed by atoms with Gasteiger partial charge in [0, 0.05) is 11.5 Å². The van der Waals surface area contributed by atoms with Gasteiger partial charge < -0.3 is 4.74 Å². The molecule has 15 heavy (non-hydrogen) atoms. The zero-order valence-corrected chi connectivity index (χ0v) is 10.3. The molecule has 0 saturated carbocycles. The lowest BCUT2D eigenvalue weighted by molar-refractivity contribution is 0.414. The van der Waals surface area contributed by atoms with E-state index in [1.807, 2.05) is 35.7 Å². The van der Waals surface area contributed by atoms with Crippen molar-refractivity contribution < 1.29 is 4.74 Å². The Balaban J connectivity index is 2.02. The van der Waals surface area contributed by atoms with Gasteiger partial charge in [-0.2, -0.15) is 0 Å². The Hall–Kier alpha value is -0.540. The van der Waals surface area contributed by atoms with E-state index in [1.54, 1.807) is 7.11 Å². The Kier molecular flexibility index (Phi) is 4.03. The van der Waals surface area contributed by atoms with Crippen molar-refractivity contribution in [2.24, 2.45) is 0 Å². The molecule has 1 saturated heterocycles. The van der Waals surface area contributed by atoms with Crippen LogP contribution in [0.1, 0.15) is 5.56 Å². The molecular formula is C12H14OS2. The molecule has 2 rings (SSSR count). The largest absolute Gasteiger partial charge is 0.497 e. The Morgan fingerprint density at radius 3 is 2.87 bits per heavy atom. The second-order valence-electron chi connectivity index (χ2n) is 3.25. The van der Waals surface area contributed by atoms with E-state index in [9.17, 15) is 0 Å². The van der Waals surface area contributed by atoms with Crippen LogP contribution >= 0.6 is 23.5 Å². The van der Waals surface area contributed by atoms with Crippen molar-refractivity contribution in [3.63, 3.8) is 0 Å². The highest BCUT2D eigenvalue weighted by molar-refractivity contribution is 8.20. The van der Waals surface area contributed by atoms with Gasteiger partial charge in [0.15, 0.2) is 0 Å². The number of methoxy groups -OCH3 is 1. The van der Waals surface area contributed by atoms with Crippen molar-refractivity contribution in [3.05, 3.63) is 35.9 Å². The minimum atomic E-state index is 0.635. The SMILES string of the molecule is COc1cccc(/C=C/C2SCCS2)c1. The Bertz CT molecular complexity index is 343. The first kappa shape index (κ1) is 11.0. The summed E-state index contributed by atoms with van der Waals surface area (Å²) in [7, 11) is 1.70. The van der Waals surface area contributed by atoms with E-state index < -0.39 is 0 Å². The fourth-order valence-electron chi connectivity index (χ4n) is 1.42. The zero-order chi connectivity index (χ0) is 10.5. The van der Waals surface area contributed by atoms with Gasteiger partial charge in [0.2, 0.25) is 0 Å². The van der Waals surface area contributed by atoms with E-state index in [1.165, 1.54) is 17.1 Å². The van der Waals surface area contributed by atoms with Crippen LogP contribution in [0.4, 0.5) is 0 Å². The first-order chi connectivity index (χ1) is 7.38. The molecule has 1 aliphatic heterocycles. The topological polar surface area (TPSA) is 9.23 Å². The molecule has 80 valence electrons. The minimum Gasteiger partial charge on any atom is -0.497 e. The summed E-state index contributed by atoms with van der Waals surface area (Å²) in [6.45, 7) is 0. The predicted molar refractivity (Wildman–Crippen MR) is 70.7 cm³/mol. The Morgan fingerprint density at radius 2 is 2.13 bits per heavy atom. The Morgan fingerprint density at radius 1 is 1.33 bits per heavy atom. The van der Waals surface area contributed by atoms with Gasteiger partial charge in [-0.1, -0.05) is 24.3 Å². The third kappa shape index (κ3) is 3.21. The molecule has 0 aliphatic carbocycles. The maximum Gasteiger partial charge on any atom is 0.119 e. The van der Waals surface area contributed by atoms with Gasteiger partial charge >= 0.3 is 0 Å². The molecule has 0 N–H and O–H groups in total. The highest BCUT2D eigenvalue weighted by Crippen LogP contribution is 2.33. The first-order valence-electron chi connectivity index (χ1n) is 4.94. The van der Waals surface area contributed by atoms with Crippen LogP contribution in [0.3, 0.4) is 0 Å². The third-order valence-electron chi connectivity index (χ3n) is 2.19. The molecule has 3 heteroatoms. The number of thioether (sulfide) groups is 2. The summed E-state index contributed by atoms with van der Waals surface area (Å²) in [6.07, 6.45) is 4.45. The zero-order valence-electron chi connectivity index (χ0n) is 8.68. The average molecular weight is 238 g/mol. The van der Waals surface area contributed by atoms with Gasteiger partial charge in [0.05, 0.1) is 11.7 Å². The molecule has 0 atom stereocenters. The van der Waals surface area contributed by atoms with Crippen molar-refractivity contribution in [2.75, 3.05) is 18.6 Å². The van der Waals surface area contributed by atoms with Crippen LogP contribution in [0.2, 0.25) is 0 Å². The van der Waals surface area contributed by atoms with Crippen LogP contribution in [-0.4, -0.2) is 23.2 Å². The third-order valence-corrected chi connectivity index (χ3v) is 5.11. The van der Waals surface area contributed by atoms with E-state index in [0.717, 1.165) is 5.75 Å². The molecule has 1 fully saturated rings. The van der Waals surface area contributed by atoms with E-state index in [4.69, 9.17) is 4.74 Å². The quantitative estimate of drug-likeness (QED) is 0.797. The smallest absolute Gasteiger partial charge is 0.119 e. The number of hydrogen-bond acceptors (Lipinski definition) is 3. The van der Waals surface area contributed by atoms with Crippen LogP contribution in [0.25, 0.3) is 6.08 Å². The fourth-order valence-corrected chi connectivity index (χ4v) is 4.00. The standard InChI is InChI=1S/C12H14OS2/c1-13-11-4-2-3-10(9-11)5-6-12-14-7-8-15-12/h2-6,9,12H,7-8H2,1H3/b6-5+. The van der Waals surface area contributed by atoms with Gasteiger partial charge in [-0.15, -0.1) is 23.5 Å². The lowest BCUT2D eigenvalue weighted by atomic mass is 10.2. The molecule has 1 nitrogen and oxygen atoms in total. The lowest BCUT2D eigenvalue weighted by Crippen LogP contribution is -1.84. The van der Waals surface area contributed by atoms with E-state index in [-0.39, 0.29) is 0 Å². The summed E-state index contributed by atoms with van der Waals surface area (Å²) in [4.78, 5) is 0. The predicted octanol–water partition coefficient (Wildman–Crippen LogP) is 3.51. The second-order valence-corrected chi connectivity index (χ2v) is 6.04. The van der Waals surface area contributed by atoms with Crippen molar-refractivity contribution in [1.82, 2.24) is 0 Å². The van der Waals surface area contributed by atoms with Gasteiger partial charge in [-0.05, 0) is 17.7 Å². The van der Waals surface area contributed by atoms with Crippen LogP contribution in [0.5, 0.6) is 5.75 Å². The maximum absolute atomic E-state index is 5.18. The van der Waals surface area contributed by atoms with E-state index >= 15 is 0 Å². The minimum absolute atomic E-state index is 0.635.